The summed E-state index contributed by atoms with van der Waals surface area (Å²) >= 11 is 0. The molecule has 2 aromatic carbocycles. The maximum atomic E-state index is 12.7. The summed E-state index contributed by atoms with van der Waals surface area (Å²) in [6, 6.07) is 13.1. The Morgan fingerprint density at radius 1 is 1.12 bits per heavy atom. The molecule has 8 heteroatoms. The molecule has 0 bridgehead atoms. The van der Waals surface area contributed by atoms with Gasteiger partial charge in [-0.15, -0.1) is 0 Å². The molecule has 0 saturated heterocycles. The van der Waals surface area contributed by atoms with Gasteiger partial charge in [-0.05, 0) is 36.2 Å². The Hall–Kier alpha value is -2.42. The predicted molar refractivity (Wildman–Crippen MR) is 90.1 cm³/mol. The molecular weight excluding hydrogens is 344 g/mol. The van der Waals surface area contributed by atoms with Crippen LogP contribution in [0.2, 0.25) is 0 Å². The summed E-state index contributed by atoms with van der Waals surface area (Å²) in [7, 11) is -3.57. The highest BCUT2D eigenvalue weighted by Gasteiger charge is 2.26. The number of hydrogen-bond acceptors (Lipinski definition) is 5. The minimum atomic E-state index is -3.57. The summed E-state index contributed by atoms with van der Waals surface area (Å²) in [6.45, 7) is 0.704. The van der Waals surface area contributed by atoms with Gasteiger partial charge in [0, 0.05) is 18.7 Å². The fraction of sp³-hybridized carbons (Fsp3) is 0.235. The van der Waals surface area contributed by atoms with Crippen LogP contribution in [0.1, 0.15) is 15.9 Å². The van der Waals surface area contributed by atoms with Crippen LogP contribution in [0.15, 0.2) is 53.4 Å². The Balaban J connectivity index is 1.82. The molecule has 132 valence electrons. The fourth-order valence-corrected chi connectivity index (χ4v) is 4.14. The van der Waals surface area contributed by atoms with E-state index in [4.69, 9.17) is 9.94 Å². The summed E-state index contributed by atoms with van der Waals surface area (Å²) in [5, 5.41) is 8.71. The summed E-state index contributed by atoms with van der Waals surface area (Å²) < 4.78 is 32.5. The van der Waals surface area contributed by atoms with Gasteiger partial charge in [0.2, 0.25) is 10.0 Å². The van der Waals surface area contributed by atoms with E-state index in [1.165, 1.54) is 4.31 Å². The van der Waals surface area contributed by atoms with Crippen LogP contribution in [0.4, 0.5) is 0 Å². The molecule has 25 heavy (non-hydrogen) atoms. The molecule has 0 atom stereocenters. The number of rotatable bonds is 3. The van der Waals surface area contributed by atoms with E-state index in [-0.39, 0.29) is 23.6 Å². The van der Waals surface area contributed by atoms with Gasteiger partial charge in [-0.1, -0.05) is 24.3 Å². The fourth-order valence-electron chi connectivity index (χ4n) is 2.70. The van der Waals surface area contributed by atoms with Crippen LogP contribution >= 0.6 is 0 Å². The molecule has 1 aliphatic rings. The SMILES string of the molecule is O=C(NO)c1ccc2c(c1)OCCN(S(=O)(=O)c1ccccc1)CC2. The zero-order valence-corrected chi connectivity index (χ0v) is 14.2. The van der Waals surface area contributed by atoms with Crippen LogP contribution < -0.4 is 10.2 Å². The summed E-state index contributed by atoms with van der Waals surface area (Å²) in [6.07, 6.45) is 0.461. The van der Waals surface area contributed by atoms with Crippen LogP contribution in [-0.2, 0) is 16.4 Å². The van der Waals surface area contributed by atoms with Gasteiger partial charge in [0.15, 0.2) is 0 Å². The van der Waals surface area contributed by atoms with Crippen molar-refractivity contribution in [2.45, 2.75) is 11.3 Å². The maximum Gasteiger partial charge on any atom is 0.274 e. The van der Waals surface area contributed by atoms with Crippen LogP contribution in [0.3, 0.4) is 0 Å². The van der Waals surface area contributed by atoms with E-state index in [0.29, 0.717) is 18.7 Å². The number of hydrogen-bond donors (Lipinski definition) is 2. The standard InChI is InChI=1S/C17H18N2O5S/c20-17(18-21)14-7-6-13-8-9-19(10-11-24-16(13)12-14)25(22,23)15-4-2-1-3-5-15/h1-7,12,21H,8-11H2,(H,18,20). The first-order chi connectivity index (χ1) is 12.0. The van der Waals surface area contributed by atoms with Gasteiger partial charge >= 0.3 is 0 Å². The Morgan fingerprint density at radius 3 is 2.60 bits per heavy atom. The number of fused-ring (bicyclic) bond motifs is 1. The van der Waals surface area contributed by atoms with E-state index in [9.17, 15) is 13.2 Å². The molecule has 0 unspecified atom stereocenters. The monoisotopic (exact) mass is 362 g/mol. The highest BCUT2D eigenvalue weighted by Crippen LogP contribution is 2.25. The molecule has 0 fully saturated rings. The van der Waals surface area contributed by atoms with Gasteiger partial charge < -0.3 is 4.74 Å². The first kappa shape index (κ1) is 17.4. The molecule has 2 N–H and O–H groups in total. The number of nitrogens with zero attached hydrogens (tertiary/aromatic N) is 1. The van der Waals surface area contributed by atoms with E-state index in [1.807, 2.05) is 0 Å². The highest BCUT2D eigenvalue weighted by molar-refractivity contribution is 7.89. The molecule has 1 amide bonds. The molecule has 0 aliphatic carbocycles. The minimum absolute atomic E-state index is 0.170. The minimum Gasteiger partial charge on any atom is -0.492 e. The second-order valence-corrected chi connectivity index (χ2v) is 7.52. The second kappa shape index (κ2) is 7.22. The van der Waals surface area contributed by atoms with Crippen LogP contribution in [0.25, 0.3) is 0 Å². The van der Waals surface area contributed by atoms with Crippen LogP contribution in [0, 0.1) is 0 Å². The zero-order valence-electron chi connectivity index (χ0n) is 13.4. The van der Waals surface area contributed by atoms with Gasteiger partial charge in [-0.25, -0.2) is 13.9 Å². The topological polar surface area (TPSA) is 95.9 Å². The van der Waals surface area contributed by atoms with Crippen molar-refractivity contribution in [3.8, 4) is 5.75 Å². The molecule has 0 aromatic heterocycles. The van der Waals surface area contributed by atoms with Crippen molar-refractivity contribution >= 4 is 15.9 Å². The van der Waals surface area contributed by atoms with Crippen LogP contribution in [0.5, 0.6) is 5.75 Å². The van der Waals surface area contributed by atoms with Gasteiger partial charge in [-0.2, -0.15) is 4.31 Å². The number of benzene rings is 2. The van der Waals surface area contributed by atoms with E-state index < -0.39 is 15.9 Å². The third-order valence-electron chi connectivity index (χ3n) is 4.04. The highest BCUT2D eigenvalue weighted by atomic mass is 32.2. The Labute approximate surface area is 145 Å². The molecule has 2 aromatic rings. The van der Waals surface area contributed by atoms with Crippen molar-refractivity contribution in [2.24, 2.45) is 0 Å². The number of hydroxylamine groups is 1. The van der Waals surface area contributed by atoms with E-state index >= 15 is 0 Å². The third kappa shape index (κ3) is 3.65. The molecule has 3 rings (SSSR count). The van der Waals surface area contributed by atoms with Crippen LogP contribution in [-0.4, -0.2) is 43.5 Å². The lowest BCUT2D eigenvalue weighted by atomic mass is 10.1. The Kier molecular flexibility index (Phi) is 5.03. The normalized spacial score (nSPS) is 15.4. The summed E-state index contributed by atoms with van der Waals surface area (Å²) in [4.78, 5) is 11.7. The zero-order chi connectivity index (χ0) is 17.9. The molecule has 0 spiro atoms. The lowest BCUT2D eigenvalue weighted by Gasteiger charge is -2.25. The Morgan fingerprint density at radius 2 is 1.88 bits per heavy atom. The predicted octanol–water partition coefficient (Wildman–Crippen LogP) is 1.43. The van der Waals surface area contributed by atoms with E-state index in [1.54, 1.807) is 54.0 Å². The summed E-state index contributed by atoms with van der Waals surface area (Å²) in [5.41, 5.74) is 2.66. The van der Waals surface area contributed by atoms with Crippen molar-refractivity contribution in [2.75, 3.05) is 19.7 Å². The average Bonchev–Trinajstić information content (AvgIpc) is 2.62. The number of ether oxygens (including phenoxy) is 1. The Bertz CT molecular complexity index is 868. The van der Waals surface area contributed by atoms with E-state index in [2.05, 4.69) is 0 Å². The van der Waals surface area contributed by atoms with Gasteiger partial charge in [0.05, 0.1) is 4.90 Å². The molecule has 0 radical (unpaired) electrons. The molecule has 1 heterocycles. The lowest BCUT2D eigenvalue weighted by molar-refractivity contribution is 0.0706. The number of sulfonamides is 1. The average molecular weight is 362 g/mol. The quantitative estimate of drug-likeness (QED) is 0.636. The molecule has 0 saturated carbocycles. The number of carbonyl (C=O) groups is 1. The second-order valence-electron chi connectivity index (χ2n) is 5.58. The summed E-state index contributed by atoms with van der Waals surface area (Å²) in [5.74, 6) is -0.0976. The molecular formula is C17H18N2O5S. The van der Waals surface area contributed by atoms with E-state index in [0.717, 1.165) is 5.56 Å². The maximum absolute atomic E-state index is 12.7. The van der Waals surface area contributed by atoms with Gasteiger partial charge in [0.1, 0.15) is 12.4 Å². The van der Waals surface area contributed by atoms with Crippen molar-refractivity contribution in [1.29, 1.82) is 0 Å². The van der Waals surface area contributed by atoms with Crippen molar-refractivity contribution < 1.29 is 23.2 Å². The van der Waals surface area contributed by atoms with Crippen molar-refractivity contribution in [3.05, 3.63) is 59.7 Å². The molecule has 1 aliphatic heterocycles. The largest absolute Gasteiger partial charge is 0.492 e. The number of nitrogens with one attached hydrogen (secondary N) is 1. The number of carbonyl (C=O) groups excluding carboxylic acids is 1. The molecule has 7 nitrogen and oxygen atoms in total. The van der Waals surface area contributed by atoms with Gasteiger partial charge in [-0.3, -0.25) is 10.0 Å². The first-order valence-corrected chi connectivity index (χ1v) is 9.22. The smallest absolute Gasteiger partial charge is 0.274 e. The van der Waals surface area contributed by atoms with Crippen molar-refractivity contribution in [3.63, 3.8) is 0 Å². The first-order valence-electron chi connectivity index (χ1n) is 7.78. The van der Waals surface area contributed by atoms with Crippen molar-refractivity contribution in [1.82, 2.24) is 9.79 Å². The number of amides is 1. The third-order valence-corrected chi connectivity index (χ3v) is 5.95. The van der Waals surface area contributed by atoms with Gasteiger partial charge in [0.25, 0.3) is 5.91 Å². The lowest BCUT2D eigenvalue weighted by Crippen LogP contribution is -2.37.